The highest BCUT2D eigenvalue weighted by molar-refractivity contribution is 7.89. The Balaban J connectivity index is 2.08. The molecule has 0 fully saturated rings. The molecule has 2 aromatic carbocycles. The summed E-state index contributed by atoms with van der Waals surface area (Å²) in [5, 5.41) is 2.50. The number of hydrogen-bond donors (Lipinski definition) is 1. The second-order valence-electron chi connectivity index (χ2n) is 5.42. The largest absolute Gasteiger partial charge is 0.452 e. The predicted octanol–water partition coefficient (Wildman–Crippen LogP) is 1.87. The second kappa shape index (κ2) is 8.07. The highest BCUT2D eigenvalue weighted by Gasteiger charge is 2.22. The number of carbonyl (C=O) groups is 2. The molecule has 0 radical (unpaired) electrons. The van der Waals surface area contributed by atoms with Crippen molar-refractivity contribution < 1.29 is 27.1 Å². The summed E-state index contributed by atoms with van der Waals surface area (Å²) >= 11 is 0. The minimum atomic E-state index is -3.84. The number of sulfonamides is 1. The number of halogens is 1. The number of amides is 1. The third-order valence-electron chi connectivity index (χ3n) is 3.33. The first-order valence-corrected chi connectivity index (χ1v) is 8.90. The van der Waals surface area contributed by atoms with E-state index in [1.54, 1.807) is 30.3 Å². The van der Waals surface area contributed by atoms with Gasteiger partial charge in [-0.05, 0) is 30.3 Å². The minimum Gasteiger partial charge on any atom is -0.452 e. The molecule has 0 saturated carbocycles. The first-order chi connectivity index (χ1) is 12.2. The van der Waals surface area contributed by atoms with E-state index in [9.17, 15) is 22.4 Å². The van der Waals surface area contributed by atoms with Crippen LogP contribution in [0.4, 0.5) is 10.1 Å². The lowest BCUT2D eigenvalue weighted by Gasteiger charge is -2.12. The van der Waals surface area contributed by atoms with Crippen LogP contribution in [0.2, 0.25) is 0 Å². The molecule has 1 amide bonds. The van der Waals surface area contributed by atoms with Crippen LogP contribution in [-0.4, -0.2) is 45.3 Å². The fourth-order valence-corrected chi connectivity index (χ4v) is 2.89. The maximum absolute atomic E-state index is 13.9. The summed E-state index contributed by atoms with van der Waals surface area (Å²) in [6.45, 7) is -0.641. The third-order valence-corrected chi connectivity index (χ3v) is 5.14. The van der Waals surface area contributed by atoms with Crippen molar-refractivity contribution in [2.24, 2.45) is 0 Å². The number of ether oxygens (including phenoxy) is 1. The van der Waals surface area contributed by atoms with Gasteiger partial charge in [-0.2, -0.15) is 0 Å². The Morgan fingerprint density at radius 3 is 2.38 bits per heavy atom. The van der Waals surface area contributed by atoms with Crippen LogP contribution in [0.1, 0.15) is 10.4 Å². The summed E-state index contributed by atoms with van der Waals surface area (Å²) in [5.74, 6) is -2.69. The number of nitrogens with zero attached hydrogens (tertiary/aromatic N) is 1. The minimum absolute atomic E-state index is 0.260. The Morgan fingerprint density at radius 2 is 1.77 bits per heavy atom. The number of rotatable bonds is 6. The molecule has 0 unspecified atom stereocenters. The molecule has 0 bridgehead atoms. The van der Waals surface area contributed by atoms with Crippen molar-refractivity contribution in [3.8, 4) is 0 Å². The monoisotopic (exact) mass is 380 g/mol. The van der Waals surface area contributed by atoms with E-state index >= 15 is 0 Å². The number of benzene rings is 2. The molecule has 7 nitrogen and oxygen atoms in total. The van der Waals surface area contributed by atoms with Gasteiger partial charge in [0, 0.05) is 19.8 Å². The topological polar surface area (TPSA) is 92.8 Å². The molecule has 0 saturated heterocycles. The first-order valence-electron chi connectivity index (χ1n) is 7.46. The van der Waals surface area contributed by atoms with Crippen molar-refractivity contribution in [1.82, 2.24) is 4.31 Å². The third kappa shape index (κ3) is 4.64. The van der Waals surface area contributed by atoms with Crippen molar-refractivity contribution in [3.63, 3.8) is 0 Å². The number of hydrogen-bond acceptors (Lipinski definition) is 5. The number of para-hydroxylation sites is 1. The van der Waals surface area contributed by atoms with Crippen LogP contribution in [0.3, 0.4) is 0 Å². The van der Waals surface area contributed by atoms with Crippen molar-refractivity contribution in [2.75, 3.05) is 26.0 Å². The Labute approximate surface area is 150 Å². The lowest BCUT2D eigenvalue weighted by atomic mass is 10.2. The number of anilines is 1. The van der Waals surface area contributed by atoms with E-state index in [2.05, 4.69) is 5.32 Å². The number of carbonyl (C=O) groups excluding carboxylic acids is 2. The van der Waals surface area contributed by atoms with Gasteiger partial charge in [-0.1, -0.05) is 18.2 Å². The number of esters is 1. The van der Waals surface area contributed by atoms with E-state index < -0.39 is 39.9 Å². The highest BCUT2D eigenvalue weighted by Crippen LogP contribution is 2.18. The Morgan fingerprint density at radius 1 is 1.12 bits per heavy atom. The van der Waals surface area contributed by atoms with E-state index in [-0.39, 0.29) is 4.90 Å². The zero-order valence-corrected chi connectivity index (χ0v) is 14.9. The highest BCUT2D eigenvalue weighted by atomic mass is 32.2. The average molecular weight is 380 g/mol. The molecule has 0 heterocycles. The van der Waals surface area contributed by atoms with Gasteiger partial charge in [-0.15, -0.1) is 0 Å². The van der Waals surface area contributed by atoms with Gasteiger partial charge in [0.15, 0.2) is 6.61 Å². The lowest BCUT2D eigenvalue weighted by Crippen LogP contribution is -2.23. The predicted molar refractivity (Wildman–Crippen MR) is 92.6 cm³/mol. The SMILES string of the molecule is CN(C)S(=O)(=O)c1ccc(F)c(C(=O)OCC(=O)Nc2ccccc2)c1. The summed E-state index contributed by atoms with van der Waals surface area (Å²) in [7, 11) is -1.22. The molecule has 0 aliphatic heterocycles. The van der Waals surface area contributed by atoms with Crippen LogP contribution in [0.15, 0.2) is 53.4 Å². The van der Waals surface area contributed by atoms with E-state index in [0.29, 0.717) is 5.69 Å². The zero-order valence-electron chi connectivity index (χ0n) is 14.1. The van der Waals surface area contributed by atoms with E-state index in [1.807, 2.05) is 0 Å². The van der Waals surface area contributed by atoms with Crippen LogP contribution in [0.5, 0.6) is 0 Å². The van der Waals surface area contributed by atoms with Gasteiger partial charge in [0.05, 0.1) is 10.5 Å². The average Bonchev–Trinajstić information content (AvgIpc) is 2.60. The molecule has 0 aromatic heterocycles. The van der Waals surface area contributed by atoms with Gasteiger partial charge in [0.25, 0.3) is 5.91 Å². The molecule has 2 rings (SSSR count). The first kappa shape index (κ1) is 19.5. The molecule has 1 N–H and O–H groups in total. The van der Waals surface area contributed by atoms with Gasteiger partial charge >= 0.3 is 5.97 Å². The molecule has 0 atom stereocenters. The van der Waals surface area contributed by atoms with Gasteiger partial charge in [-0.3, -0.25) is 4.79 Å². The molecule has 0 spiro atoms. The number of nitrogens with one attached hydrogen (secondary N) is 1. The second-order valence-corrected chi connectivity index (χ2v) is 7.57. The standard InChI is InChI=1S/C17H17FN2O5S/c1-20(2)26(23,24)13-8-9-15(18)14(10-13)17(22)25-11-16(21)19-12-6-4-3-5-7-12/h3-10H,11H2,1-2H3,(H,19,21). The van der Waals surface area contributed by atoms with Crippen molar-refractivity contribution in [1.29, 1.82) is 0 Å². The summed E-state index contributed by atoms with van der Waals surface area (Å²) in [5.41, 5.74) is -0.0563. The van der Waals surface area contributed by atoms with E-state index in [4.69, 9.17) is 4.74 Å². The smallest absolute Gasteiger partial charge is 0.341 e. The van der Waals surface area contributed by atoms with Crippen molar-refractivity contribution >= 4 is 27.6 Å². The van der Waals surface area contributed by atoms with Crippen LogP contribution in [-0.2, 0) is 19.6 Å². The molecule has 2 aromatic rings. The Bertz CT molecular complexity index is 914. The zero-order chi connectivity index (χ0) is 19.3. The summed E-state index contributed by atoms with van der Waals surface area (Å²) in [6, 6.07) is 11.3. The maximum atomic E-state index is 13.9. The van der Waals surface area contributed by atoms with Crippen LogP contribution >= 0.6 is 0 Å². The van der Waals surface area contributed by atoms with E-state index in [1.165, 1.54) is 14.1 Å². The van der Waals surface area contributed by atoms with Crippen LogP contribution in [0, 0.1) is 5.82 Å². The summed E-state index contributed by atoms with van der Waals surface area (Å²) in [4.78, 5) is 23.5. The summed E-state index contributed by atoms with van der Waals surface area (Å²) < 4.78 is 43.7. The quantitative estimate of drug-likeness (QED) is 0.773. The molecule has 26 heavy (non-hydrogen) atoms. The Hall–Kier alpha value is -2.78. The van der Waals surface area contributed by atoms with Crippen molar-refractivity contribution in [3.05, 3.63) is 59.9 Å². The molecular formula is C17H17FN2O5S. The molecule has 138 valence electrons. The lowest BCUT2D eigenvalue weighted by molar-refractivity contribution is -0.119. The normalized spacial score (nSPS) is 11.2. The molecule has 9 heteroatoms. The van der Waals surface area contributed by atoms with Crippen LogP contribution in [0.25, 0.3) is 0 Å². The summed E-state index contributed by atoms with van der Waals surface area (Å²) in [6.07, 6.45) is 0. The molecular weight excluding hydrogens is 363 g/mol. The van der Waals surface area contributed by atoms with Crippen LogP contribution < -0.4 is 5.32 Å². The van der Waals surface area contributed by atoms with Gasteiger partial charge in [0.1, 0.15) is 5.82 Å². The maximum Gasteiger partial charge on any atom is 0.341 e. The van der Waals surface area contributed by atoms with Gasteiger partial charge in [0.2, 0.25) is 10.0 Å². The van der Waals surface area contributed by atoms with Gasteiger partial charge in [-0.25, -0.2) is 21.9 Å². The van der Waals surface area contributed by atoms with Crippen molar-refractivity contribution in [2.45, 2.75) is 4.90 Å². The van der Waals surface area contributed by atoms with E-state index in [0.717, 1.165) is 22.5 Å². The molecule has 0 aliphatic rings. The fraction of sp³-hybridized carbons (Fsp3) is 0.176. The van der Waals surface area contributed by atoms with Gasteiger partial charge < -0.3 is 10.1 Å². The molecule has 0 aliphatic carbocycles. The fourth-order valence-electron chi connectivity index (χ4n) is 1.96. The Kier molecular flexibility index (Phi) is 6.06.